The Morgan fingerprint density at radius 3 is 1.32 bits per heavy atom. The van der Waals surface area contributed by atoms with Gasteiger partial charge in [0.1, 0.15) is 6.61 Å². The van der Waals surface area contributed by atoms with Crippen molar-refractivity contribution >= 4 is 11.9 Å². The Hall–Kier alpha value is -2.14. The van der Waals surface area contributed by atoms with Crippen molar-refractivity contribution in [2.24, 2.45) is 0 Å². The molecule has 0 saturated heterocycles. The standard InChI is InChI=1S/C45H80O5/c1-3-5-7-9-11-13-15-17-19-20-21-22-23-24-26-28-30-32-34-36-38-40-45(48)50-43(41-46)42-49-44(47)39-37-35-33-31-29-27-25-18-16-14-12-10-8-6-4-2/h6,8,12,14,17-19,25,43,46H,3-5,7,9-11,13,15-16,20-24,26-42H2,1-2H3. The summed E-state index contributed by atoms with van der Waals surface area (Å²) in [6, 6.07) is 0. The first-order valence-corrected chi connectivity index (χ1v) is 21.2. The van der Waals surface area contributed by atoms with Crippen LogP contribution < -0.4 is 0 Å². The van der Waals surface area contributed by atoms with Crippen molar-refractivity contribution in [1.82, 2.24) is 0 Å². The second-order valence-corrected chi connectivity index (χ2v) is 14.0. The van der Waals surface area contributed by atoms with Crippen LogP contribution in [0.5, 0.6) is 0 Å². The Balaban J connectivity index is 3.54. The second kappa shape index (κ2) is 41.3. The minimum Gasteiger partial charge on any atom is -0.462 e. The molecule has 0 spiro atoms. The van der Waals surface area contributed by atoms with Gasteiger partial charge >= 0.3 is 11.9 Å². The Bertz CT molecular complexity index is 842. The monoisotopic (exact) mass is 701 g/mol. The fraction of sp³-hybridized carbons (Fsp3) is 0.778. The highest BCUT2D eigenvalue weighted by Gasteiger charge is 2.16. The summed E-state index contributed by atoms with van der Waals surface area (Å²) in [7, 11) is 0. The summed E-state index contributed by atoms with van der Waals surface area (Å²) in [4.78, 5) is 24.3. The predicted molar refractivity (Wildman–Crippen MR) is 214 cm³/mol. The van der Waals surface area contributed by atoms with Crippen molar-refractivity contribution in [3.8, 4) is 0 Å². The van der Waals surface area contributed by atoms with Gasteiger partial charge in [-0.1, -0.05) is 172 Å². The molecule has 0 fully saturated rings. The number of hydrogen-bond donors (Lipinski definition) is 1. The fourth-order valence-corrected chi connectivity index (χ4v) is 5.92. The van der Waals surface area contributed by atoms with Gasteiger partial charge in [0.05, 0.1) is 6.61 Å². The van der Waals surface area contributed by atoms with E-state index in [1.165, 1.54) is 109 Å². The van der Waals surface area contributed by atoms with E-state index in [0.29, 0.717) is 12.8 Å². The number of rotatable bonds is 38. The lowest BCUT2D eigenvalue weighted by Crippen LogP contribution is -2.28. The molecular weight excluding hydrogens is 620 g/mol. The maximum Gasteiger partial charge on any atom is 0.306 e. The van der Waals surface area contributed by atoms with E-state index in [1.54, 1.807) is 0 Å². The molecule has 1 atom stereocenters. The number of aliphatic hydroxyl groups excluding tert-OH is 1. The average molecular weight is 701 g/mol. The first-order chi connectivity index (χ1) is 24.6. The fourth-order valence-electron chi connectivity index (χ4n) is 5.92. The molecule has 0 saturated carbocycles. The number of carbonyl (C=O) groups is 2. The van der Waals surface area contributed by atoms with Crippen LogP contribution in [0.3, 0.4) is 0 Å². The van der Waals surface area contributed by atoms with Crippen LogP contribution in [0.4, 0.5) is 0 Å². The van der Waals surface area contributed by atoms with Crippen LogP contribution in [0.1, 0.15) is 206 Å². The Morgan fingerprint density at radius 2 is 0.860 bits per heavy atom. The molecule has 1 unspecified atom stereocenters. The number of ether oxygens (including phenoxy) is 2. The van der Waals surface area contributed by atoms with Crippen molar-refractivity contribution < 1.29 is 24.2 Å². The normalized spacial score (nSPS) is 12.6. The molecule has 5 nitrogen and oxygen atoms in total. The third-order valence-electron chi connectivity index (χ3n) is 9.11. The summed E-state index contributed by atoms with van der Waals surface area (Å²) in [6.07, 6.45) is 51.8. The zero-order valence-electron chi connectivity index (χ0n) is 32.9. The maximum atomic E-state index is 12.2. The summed E-state index contributed by atoms with van der Waals surface area (Å²) >= 11 is 0. The van der Waals surface area contributed by atoms with Gasteiger partial charge < -0.3 is 14.6 Å². The van der Waals surface area contributed by atoms with E-state index in [1.807, 2.05) is 0 Å². The zero-order chi connectivity index (χ0) is 36.4. The Labute approximate surface area is 309 Å². The highest BCUT2D eigenvalue weighted by Crippen LogP contribution is 2.14. The summed E-state index contributed by atoms with van der Waals surface area (Å²) in [5.74, 6) is -0.609. The molecule has 290 valence electrons. The van der Waals surface area contributed by atoms with Crippen LogP contribution in [-0.4, -0.2) is 36.4 Å². The van der Waals surface area contributed by atoms with Gasteiger partial charge in [-0.05, 0) is 70.6 Å². The third kappa shape index (κ3) is 38.7. The highest BCUT2D eigenvalue weighted by atomic mass is 16.6. The average Bonchev–Trinajstić information content (AvgIpc) is 3.12. The SMILES string of the molecule is CCC=CCC=CCC=CCCCCCCCC(=O)OCC(CO)OC(=O)CCCCCCCCCCCCCC=CCCCCCCCC. The van der Waals surface area contributed by atoms with Crippen LogP contribution in [-0.2, 0) is 19.1 Å². The minimum atomic E-state index is -0.778. The van der Waals surface area contributed by atoms with Gasteiger partial charge in [0, 0.05) is 12.8 Å². The largest absolute Gasteiger partial charge is 0.462 e. The molecule has 0 heterocycles. The molecule has 0 aliphatic rings. The molecule has 0 aromatic heterocycles. The van der Waals surface area contributed by atoms with E-state index in [9.17, 15) is 14.7 Å². The van der Waals surface area contributed by atoms with Crippen molar-refractivity contribution in [3.05, 3.63) is 48.6 Å². The minimum absolute atomic E-state index is 0.0750. The van der Waals surface area contributed by atoms with E-state index >= 15 is 0 Å². The van der Waals surface area contributed by atoms with Gasteiger partial charge in [-0.3, -0.25) is 9.59 Å². The summed E-state index contributed by atoms with van der Waals surface area (Å²) in [5, 5.41) is 9.57. The molecule has 0 aromatic rings. The van der Waals surface area contributed by atoms with Gasteiger partial charge in [0.15, 0.2) is 6.10 Å². The lowest BCUT2D eigenvalue weighted by atomic mass is 10.0. The molecule has 0 radical (unpaired) electrons. The molecule has 50 heavy (non-hydrogen) atoms. The first kappa shape index (κ1) is 47.9. The van der Waals surface area contributed by atoms with E-state index in [-0.39, 0.29) is 25.2 Å². The summed E-state index contributed by atoms with van der Waals surface area (Å²) in [5.41, 5.74) is 0. The smallest absolute Gasteiger partial charge is 0.306 e. The van der Waals surface area contributed by atoms with Crippen LogP contribution in [0, 0.1) is 0 Å². The number of carbonyl (C=O) groups excluding carboxylic acids is 2. The quantitative estimate of drug-likeness (QED) is 0.0394. The van der Waals surface area contributed by atoms with Crippen molar-refractivity contribution in [2.45, 2.75) is 213 Å². The second-order valence-electron chi connectivity index (χ2n) is 14.0. The highest BCUT2D eigenvalue weighted by molar-refractivity contribution is 5.70. The molecule has 1 N–H and O–H groups in total. The lowest BCUT2D eigenvalue weighted by molar-refractivity contribution is -0.161. The van der Waals surface area contributed by atoms with E-state index in [0.717, 1.165) is 70.6 Å². The maximum absolute atomic E-state index is 12.2. The molecule has 0 amide bonds. The Kier molecular flexibility index (Phi) is 39.5. The molecule has 0 aromatic carbocycles. The van der Waals surface area contributed by atoms with Gasteiger partial charge in [-0.15, -0.1) is 0 Å². The number of aliphatic hydroxyl groups is 1. The van der Waals surface area contributed by atoms with Crippen LogP contribution in [0.15, 0.2) is 48.6 Å². The summed E-state index contributed by atoms with van der Waals surface area (Å²) in [6.45, 7) is 4.01. The van der Waals surface area contributed by atoms with Gasteiger partial charge in [0.2, 0.25) is 0 Å². The van der Waals surface area contributed by atoms with Crippen LogP contribution >= 0.6 is 0 Å². The van der Waals surface area contributed by atoms with E-state index < -0.39 is 6.10 Å². The van der Waals surface area contributed by atoms with Gasteiger partial charge in [0.25, 0.3) is 0 Å². The van der Waals surface area contributed by atoms with E-state index in [2.05, 4.69) is 62.5 Å². The molecule has 0 aliphatic heterocycles. The molecule has 0 bridgehead atoms. The topological polar surface area (TPSA) is 72.8 Å². The molecule has 0 rings (SSSR count). The van der Waals surface area contributed by atoms with Crippen LogP contribution in [0.2, 0.25) is 0 Å². The van der Waals surface area contributed by atoms with Gasteiger partial charge in [-0.25, -0.2) is 0 Å². The van der Waals surface area contributed by atoms with Crippen molar-refractivity contribution in [1.29, 1.82) is 0 Å². The van der Waals surface area contributed by atoms with E-state index in [4.69, 9.17) is 9.47 Å². The molecular formula is C45H80O5. The lowest BCUT2D eigenvalue weighted by Gasteiger charge is -2.15. The Morgan fingerprint density at radius 1 is 0.480 bits per heavy atom. The van der Waals surface area contributed by atoms with Crippen LogP contribution in [0.25, 0.3) is 0 Å². The summed E-state index contributed by atoms with van der Waals surface area (Å²) < 4.78 is 10.6. The molecule has 5 heteroatoms. The number of unbranched alkanes of at least 4 members (excludes halogenated alkanes) is 22. The molecule has 0 aliphatic carbocycles. The van der Waals surface area contributed by atoms with Crippen molar-refractivity contribution in [3.63, 3.8) is 0 Å². The zero-order valence-corrected chi connectivity index (χ0v) is 32.9. The number of hydrogen-bond acceptors (Lipinski definition) is 5. The third-order valence-corrected chi connectivity index (χ3v) is 9.11. The van der Waals surface area contributed by atoms with Gasteiger partial charge in [-0.2, -0.15) is 0 Å². The van der Waals surface area contributed by atoms with Crippen molar-refractivity contribution in [2.75, 3.05) is 13.2 Å². The predicted octanol–water partition coefficient (Wildman–Crippen LogP) is 13.4. The number of esters is 2. The number of allylic oxidation sites excluding steroid dienone is 8. The first-order valence-electron chi connectivity index (χ1n) is 21.2.